The predicted octanol–water partition coefficient (Wildman–Crippen LogP) is 8.49. The van der Waals surface area contributed by atoms with Gasteiger partial charge in [-0.1, -0.05) is 148 Å². The second kappa shape index (κ2) is 16.4. The summed E-state index contributed by atoms with van der Waals surface area (Å²) in [6.45, 7) is 18.7. The number of nitrogens with one attached hydrogen (secondary N) is 1. The maximum absolute atomic E-state index is 6.40. The average molecular weight is 540 g/mol. The van der Waals surface area contributed by atoms with Gasteiger partial charge in [-0.25, -0.2) is 4.99 Å². The number of amidine groups is 1. The van der Waals surface area contributed by atoms with Crippen molar-refractivity contribution in [3.63, 3.8) is 0 Å². The third-order valence-corrected chi connectivity index (χ3v) is 6.75. The molecule has 41 heavy (non-hydrogen) atoms. The van der Waals surface area contributed by atoms with Crippen molar-refractivity contribution in [2.45, 2.75) is 32.0 Å². The monoisotopic (exact) mass is 539 g/mol. The standard InChI is InChI=1S/C38H41N3/c1-6-9-17-30(5)37(39)41-38(40-28-32-20-14-11-15-21-32)33(8-3)26-36(25-24-31-18-12-10-13-19-31)35-23-16-22-34(27-35)29(4)7-2/h6-23,25-27,29,38,40H,1-3,5,24,28H2,4H3,(H2,39,41)/b17-9-,33-26+,36-25+. The van der Waals surface area contributed by atoms with Crippen LogP contribution < -0.4 is 11.1 Å². The zero-order valence-corrected chi connectivity index (χ0v) is 24.0. The Hall–Kier alpha value is -4.73. The maximum Gasteiger partial charge on any atom is 0.128 e. The normalized spacial score (nSPS) is 13.9. The van der Waals surface area contributed by atoms with Gasteiger partial charge in [0, 0.05) is 12.1 Å². The summed E-state index contributed by atoms with van der Waals surface area (Å²) in [6.07, 6.45) is 13.8. The minimum Gasteiger partial charge on any atom is -0.383 e. The molecule has 0 spiro atoms. The Morgan fingerprint density at radius 3 is 2.24 bits per heavy atom. The molecule has 0 bridgehead atoms. The molecule has 0 saturated heterocycles. The molecule has 0 amide bonds. The molecule has 2 atom stereocenters. The zero-order chi connectivity index (χ0) is 29.5. The van der Waals surface area contributed by atoms with E-state index in [1.54, 1.807) is 18.2 Å². The van der Waals surface area contributed by atoms with Gasteiger partial charge in [0.05, 0.1) is 0 Å². The number of hydrogen-bond donors (Lipinski definition) is 2. The van der Waals surface area contributed by atoms with Gasteiger partial charge in [-0.2, -0.15) is 0 Å². The van der Waals surface area contributed by atoms with Gasteiger partial charge in [0.2, 0.25) is 0 Å². The van der Waals surface area contributed by atoms with E-state index >= 15 is 0 Å². The minimum atomic E-state index is -0.447. The van der Waals surface area contributed by atoms with Gasteiger partial charge < -0.3 is 5.73 Å². The first kappa shape index (κ1) is 30.8. The summed E-state index contributed by atoms with van der Waals surface area (Å²) in [6, 6.07) is 29.3. The Bertz CT molecular complexity index is 1440. The van der Waals surface area contributed by atoms with Crippen molar-refractivity contribution in [3.05, 3.63) is 187 Å². The molecule has 3 N–H and O–H groups in total. The first-order chi connectivity index (χ1) is 19.9. The second-order valence-electron chi connectivity index (χ2n) is 9.75. The van der Waals surface area contributed by atoms with Crippen LogP contribution in [0.4, 0.5) is 0 Å². The fraction of sp³-hybridized carbons (Fsp3) is 0.132. The molecule has 0 radical (unpaired) electrons. The molecule has 3 aromatic carbocycles. The van der Waals surface area contributed by atoms with Crippen molar-refractivity contribution < 1.29 is 0 Å². The van der Waals surface area contributed by atoms with Crippen molar-refractivity contribution >= 4 is 11.4 Å². The molecule has 3 heteroatoms. The lowest BCUT2D eigenvalue weighted by molar-refractivity contribution is 0.598. The number of aliphatic imine (C=N–C) groups is 1. The molecular weight excluding hydrogens is 498 g/mol. The number of nitrogens with two attached hydrogens (primary N) is 1. The highest BCUT2D eigenvalue weighted by atomic mass is 15.1. The van der Waals surface area contributed by atoms with Crippen molar-refractivity contribution in [1.29, 1.82) is 0 Å². The lowest BCUT2D eigenvalue weighted by Gasteiger charge is -2.19. The second-order valence-corrected chi connectivity index (χ2v) is 9.75. The highest BCUT2D eigenvalue weighted by Crippen LogP contribution is 2.25. The lowest BCUT2D eigenvalue weighted by Crippen LogP contribution is -2.31. The number of nitrogens with zero attached hydrogens (tertiary/aromatic N) is 1. The van der Waals surface area contributed by atoms with Crippen LogP contribution in [-0.2, 0) is 13.0 Å². The number of hydrogen-bond acceptors (Lipinski definition) is 2. The van der Waals surface area contributed by atoms with Gasteiger partial charge in [-0.05, 0) is 51.8 Å². The minimum absolute atomic E-state index is 0.243. The van der Waals surface area contributed by atoms with Gasteiger partial charge in [0.1, 0.15) is 12.0 Å². The van der Waals surface area contributed by atoms with Crippen LogP contribution in [0.1, 0.15) is 35.1 Å². The highest BCUT2D eigenvalue weighted by molar-refractivity contribution is 5.99. The van der Waals surface area contributed by atoms with E-state index in [4.69, 9.17) is 10.7 Å². The van der Waals surface area contributed by atoms with Crippen LogP contribution in [0, 0.1) is 0 Å². The lowest BCUT2D eigenvalue weighted by atomic mass is 9.94. The van der Waals surface area contributed by atoms with Gasteiger partial charge in [0.25, 0.3) is 0 Å². The molecule has 0 saturated carbocycles. The first-order valence-electron chi connectivity index (χ1n) is 13.8. The molecule has 208 valence electrons. The van der Waals surface area contributed by atoms with Crippen LogP contribution in [0.15, 0.2) is 170 Å². The SMILES string of the molecule is C=C/C=C\C(=C)/C(N)=N/C(NCc1ccccc1)/C(C=C)=C/C(=C\Cc1ccccc1)c1cccc(C(C)C=C)c1. The van der Waals surface area contributed by atoms with Gasteiger partial charge >= 0.3 is 0 Å². The third-order valence-electron chi connectivity index (χ3n) is 6.75. The summed E-state index contributed by atoms with van der Waals surface area (Å²) in [5.74, 6) is 0.588. The largest absolute Gasteiger partial charge is 0.383 e. The van der Waals surface area contributed by atoms with Crippen molar-refractivity contribution in [1.82, 2.24) is 5.32 Å². The molecule has 0 aromatic heterocycles. The average Bonchev–Trinajstić information content (AvgIpc) is 3.02. The molecule has 0 heterocycles. The predicted molar refractivity (Wildman–Crippen MR) is 179 cm³/mol. The molecule has 3 aromatic rings. The Labute approximate surface area is 246 Å². The highest BCUT2D eigenvalue weighted by Gasteiger charge is 2.14. The molecular formula is C38H41N3. The van der Waals surface area contributed by atoms with E-state index in [0.29, 0.717) is 18.0 Å². The molecule has 0 fully saturated rings. The molecule has 0 aliphatic rings. The Morgan fingerprint density at radius 1 is 0.927 bits per heavy atom. The van der Waals surface area contributed by atoms with Crippen LogP contribution in [0.3, 0.4) is 0 Å². The van der Waals surface area contributed by atoms with E-state index in [9.17, 15) is 0 Å². The fourth-order valence-electron chi connectivity index (χ4n) is 4.21. The first-order valence-corrected chi connectivity index (χ1v) is 13.8. The van der Waals surface area contributed by atoms with Crippen LogP contribution >= 0.6 is 0 Å². The zero-order valence-electron chi connectivity index (χ0n) is 24.0. The summed E-state index contributed by atoms with van der Waals surface area (Å²) < 4.78 is 0. The summed E-state index contributed by atoms with van der Waals surface area (Å²) in [5, 5.41) is 3.57. The maximum atomic E-state index is 6.40. The third kappa shape index (κ3) is 9.75. The van der Waals surface area contributed by atoms with E-state index < -0.39 is 6.17 Å². The number of rotatable bonds is 15. The van der Waals surface area contributed by atoms with E-state index in [2.05, 4.69) is 111 Å². The van der Waals surface area contributed by atoms with E-state index in [0.717, 1.165) is 28.7 Å². The van der Waals surface area contributed by atoms with Crippen LogP contribution in [0.25, 0.3) is 5.57 Å². The molecule has 3 rings (SSSR count). The fourth-order valence-corrected chi connectivity index (χ4v) is 4.21. The summed E-state index contributed by atoms with van der Waals surface area (Å²) >= 11 is 0. The number of benzene rings is 3. The van der Waals surface area contributed by atoms with E-state index in [-0.39, 0.29) is 5.92 Å². The van der Waals surface area contributed by atoms with E-state index in [1.807, 2.05) is 36.4 Å². The van der Waals surface area contributed by atoms with Gasteiger partial charge in [-0.15, -0.1) is 6.58 Å². The van der Waals surface area contributed by atoms with Crippen molar-refractivity contribution in [3.8, 4) is 0 Å². The van der Waals surface area contributed by atoms with Crippen molar-refractivity contribution in [2.24, 2.45) is 10.7 Å². The Kier molecular flexibility index (Phi) is 12.3. The van der Waals surface area contributed by atoms with Crippen LogP contribution in [0.2, 0.25) is 0 Å². The summed E-state index contributed by atoms with van der Waals surface area (Å²) in [5.41, 5.74) is 13.7. The van der Waals surface area contributed by atoms with Gasteiger partial charge in [-0.3, -0.25) is 5.32 Å². The molecule has 2 unspecified atom stereocenters. The van der Waals surface area contributed by atoms with E-state index in [1.165, 1.54) is 11.1 Å². The smallest absolute Gasteiger partial charge is 0.128 e. The Balaban J connectivity index is 2.09. The molecule has 0 aliphatic heterocycles. The quantitative estimate of drug-likeness (QED) is 0.0880. The van der Waals surface area contributed by atoms with Crippen molar-refractivity contribution in [2.75, 3.05) is 0 Å². The Morgan fingerprint density at radius 2 is 1.61 bits per heavy atom. The molecule has 3 nitrogen and oxygen atoms in total. The number of allylic oxidation sites excluding steroid dienone is 6. The summed E-state index contributed by atoms with van der Waals surface area (Å²) in [7, 11) is 0. The van der Waals surface area contributed by atoms with Gasteiger partial charge in [0.15, 0.2) is 0 Å². The topological polar surface area (TPSA) is 50.4 Å². The summed E-state index contributed by atoms with van der Waals surface area (Å²) in [4.78, 5) is 4.86. The van der Waals surface area contributed by atoms with Crippen LogP contribution in [0.5, 0.6) is 0 Å². The van der Waals surface area contributed by atoms with Crippen LogP contribution in [-0.4, -0.2) is 12.0 Å². The molecule has 0 aliphatic carbocycles.